The van der Waals surface area contributed by atoms with Crippen molar-refractivity contribution in [2.24, 2.45) is 0 Å². The Morgan fingerprint density at radius 3 is 2.44 bits per heavy atom. The van der Waals surface area contributed by atoms with E-state index in [9.17, 15) is 10.1 Å². The minimum absolute atomic E-state index is 0.105. The third kappa shape index (κ3) is 6.69. The van der Waals surface area contributed by atoms with Gasteiger partial charge in [0.2, 0.25) is 5.91 Å². The molecule has 11 nitrogen and oxygen atoms in total. The number of carbonyl (C=O) groups is 1. The fourth-order valence-electron chi connectivity index (χ4n) is 5.69. The molecule has 3 saturated heterocycles. The smallest absolute Gasteiger partial charge is 0.236 e. The van der Waals surface area contributed by atoms with E-state index in [2.05, 4.69) is 50.4 Å². The summed E-state index contributed by atoms with van der Waals surface area (Å²) in [6.45, 7) is 6.94. The normalized spacial score (nSPS) is 17.9. The standard InChI is InChI=1S/C32H34N8O3/c33-11-7-31(41)40-13-9-28(10-14-40)43-29-6-1-23(19-24(29)20-34)32-35-12-8-30(37-32)36-25-2-4-26(5-3-25)38-15-17-39(18-16-38)27-21-42-22-27/h1-6,8,12,19,27-28H,7,9-10,13-18,21-22H2,(H,35,36,37). The van der Waals surface area contributed by atoms with E-state index in [4.69, 9.17) is 19.7 Å². The second kappa shape index (κ2) is 13.1. The number of benzene rings is 2. The second-order valence-corrected chi connectivity index (χ2v) is 11.0. The molecule has 3 aliphatic rings. The topological polar surface area (TPSA) is 131 Å². The molecule has 0 unspecified atom stereocenters. The van der Waals surface area contributed by atoms with Gasteiger partial charge < -0.3 is 24.6 Å². The Morgan fingerprint density at radius 1 is 1.00 bits per heavy atom. The summed E-state index contributed by atoms with van der Waals surface area (Å²) in [5, 5.41) is 22.0. The molecule has 0 atom stereocenters. The lowest BCUT2D eigenvalue weighted by atomic mass is 10.1. The van der Waals surface area contributed by atoms with Gasteiger partial charge in [-0.25, -0.2) is 9.97 Å². The monoisotopic (exact) mass is 578 g/mol. The van der Waals surface area contributed by atoms with Crippen LogP contribution in [0.25, 0.3) is 11.4 Å². The molecule has 3 fully saturated rings. The number of piperazine rings is 1. The highest BCUT2D eigenvalue weighted by atomic mass is 16.5. The predicted molar refractivity (Wildman–Crippen MR) is 161 cm³/mol. The zero-order chi connectivity index (χ0) is 29.6. The van der Waals surface area contributed by atoms with Crippen LogP contribution in [0.2, 0.25) is 0 Å². The molecule has 6 rings (SSSR count). The lowest BCUT2D eigenvalue weighted by Gasteiger charge is -2.43. The van der Waals surface area contributed by atoms with Gasteiger partial charge in [-0.1, -0.05) is 0 Å². The molecule has 43 heavy (non-hydrogen) atoms. The molecule has 220 valence electrons. The Hall–Kier alpha value is -4.71. The van der Waals surface area contributed by atoms with Crippen LogP contribution in [0.15, 0.2) is 54.7 Å². The minimum Gasteiger partial charge on any atom is -0.489 e. The molecule has 2 aromatic carbocycles. The summed E-state index contributed by atoms with van der Waals surface area (Å²) in [7, 11) is 0. The Balaban J connectivity index is 1.06. The molecule has 1 aromatic heterocycles. The minimum atomic E-state index is -0.152. The van der Waals surface area contributed by atoms with Gasteiger partial charge in [-0.15, -0.1) is 0 Å². The molecular weight excluding hydrogens is 544 g/mol. The lowest BCUT2D eigenvalue weighted by Crippen LogP contribution is -2.56. The van der Waals surface area contributed by atoms with Gasteiger partial charge in [0, 0.05) is 75.2 Å². The average molecular weight is 579 g/mol. The van der Waals surface area contributed by atoms with E-state index in [0.717, 1.165) is 45.1 Å². The van der Waals surface area contributed by atoms with Crippen LogP contribution in [-0.2, 0) is 9.53 Å². The van der Waals surface area contributed by atoms with E-state index >= 15 is 0 Å². The first kappa shape index (κ1) is 28.4. The molecule has 11 heteroatoms. The zero-order valence-electron chi connectivity index (χ0n) is 24.0. The van der Waals surface area contributed by atoms with Crippen LogP contribution in [0.1, 0.15) is 24.8 Å². The number of nitrogens with one attached hydrogen (secondary N) is 1. The van der Waals surface area contributed by atoms with Gasteiger partial charge >= 0.3 is 0 Å². The second-order valence-electron chi connectivity index (χ2n) is 11.0. The van der Waals surface area contributed by atoms with Gasteiger partial charge in [0.1, 0.15) is 30.2 Å². The number of hydrogen-bond acceptors (Lipinski definition) is 10. The van der Waals surface area contributed by atoms with Gasteiger partial charge in [0.15, 0.2) is 5.82 Å². The summed E-state index contributed by atoms with van der Waals surface area (Å²) in [5.74, 6) is 1.51. The van der Waals surface area contributed by atoms with Crippen LogP contribution in [0, 0.1) is 22.7 Å². The molecule has 1 amide bonds. The van der Waals surface area contributed by atoms with Gasteiger partial charge in [-0.3, -0.25) is 9.69 Å². The molecule has 3 aliphatic heterocycles. The van der Waals surface area contributed by atoms with E-state index in [-0.39, 0.29) is 18.4 Å². The Morgan fingerprint density at radius 2 is 1.77 bits per heavy atom. The SMILES string of the molecule is N#CCC(=O)N1CCC(Oc2ccc(-c3nccc(Nc4ccc(N5CCN(C6COC6)CC5)cc4)n3)cc2C#N)CC1. The van der Waals surface area contributed by atoms with E-state index in [1.807, 2.05) is 18.2 Å². The number of likely N-dealkylation sites (tertiary alicyclic amines) is 1. The highest BCUT2D eigenvalue weighted by molar-refractivity contribution is 5.78. The van der Waals surface area contributed by atoms with Gasteiger partial charge in [-0.05, 0) is 48.5 Å². The summed E-state index contributed by atoms with van der Waals surface area (Å²) in [4.78, 5) is 27.7. The van der Waals surface area contributed by atoms with E-state index in [0.29, 0.717) is 60.5 Å². The van der Waals surface area contributed by atoms with Crippen molar-refractivity contribution in [3.8, 4) is 29.3 Å². The van der Waals surface area contributed by atoms with E-state index < -0.39 is 0 Å². The number of amides is 1. The molecular formula is C32H34N8O3. The number of piperidine rings is 1. The lowest BCUT2D eigenvalue weighted by molar-refractivity contribution is -0.131. The number of hydrogen-bond donors (Lipinski definition) is 1. The van der Waals surface area contributed by atoms with Gasteiger partial charge in [-0.2, -0.15) is 10.5 Å². The number of carbonyl (C=O) groups excluding carboxylic acids is 1. The first-order valence-electron chi connectivity index (χ1n) is 14.7. The maximum absolute atomic E-state index is 12.0. The van der Waals surface area contributed by atoms with Crippen molar-refractivity contribution in [2.45, 2.75) is 31.4 Å². The Kier molecular flexibility index (Phi) is 8.64. The van der Waals surface area contributed by atoms with Crippen LogP contribution in [0.4, 0.5) is 17.2 Å². The molecule has 1 N–H and O–H groups in total. The van der Waals surface area contributed by atoms with Gasteiger partial charge in [0.05, 0.1) is 30.9 Å². The number of nitrogens with zero attached hydrogens (tertiary/aromatic N) is 7. The van der Waals surface area contributed by atoms with Crippen molar-refractivity contribution < 1.29 is 14.3 Å². The highest BCUT2D eigenvalue weighted by Gasteiger charge is 2.29. The van der Waals surface area contributed by atoms with E-state index in [1.165, 1.54) is 5.69 Å². The molecule has 0 radical (unpaired) electrons. The number of nitriles is 2. The quantitative estimate of drug-likeness (QED) is 0.423. The number of aromatic nitrogens is 2. The van der Waals surface area contributed by atoms with Crippen molar-refractivity contribution in [1.82, 2.24) is 19.8 Å². The first-order chi connectivity index (χ1) is 21.1. The van der Waals surface area contributed by atoms with Crippen LogP contribution >= 0.6 is 0 Å². The van der Waals surface area contributed by atoms with Crippen molar-refractivity contribution in [2.75, 3.05) is 62.7 Å². The predicted octanol–water partition coefficient (Wildman–Crippen LogP) is 3.56. The fourth-order valence-corrected chi connectivity index (χ4v) is 5.69. The highest BCUT2D eigenvalue weighted by Crippen LogP contribution is 2.29. The summed E-state index contributed by atoms with van der Waals surface area (Å²) in [6.07, 6.45) is 2.78. The maximum atomic E-state index is 12.0. The summed E-state index contributed by atoms with van der Waals surface area (Å²) in [6, 6.07) is 20.3. The molecule has 0 saturated carbocycles. The van der Waals surface area contributed by atoms with Crippen LogP contribution < -0.4 is 15.0 Å². The Labute approximate surface area is 251 Å². The zero-order valence-corrected chi connectivity index (χ0v) is 24.0. The first-order valence-corrected chi connectivity index (χ1v) is 14.7. The average Bonchev–Trinajstić information content (AvgIpc) is 3.02. The molecule has 0 bridgehead atoms. The molecule has 4 heterocycles. The summed E-state index contributed by atoms with van der Waals surface area (Å²) < 4.78 is 11.5. The van der Waals surface area contributed by atoms with Crippen LogP contribution in [0.3, 0.4) is 0 Å². The largest absolute Gasteiger partial charge is 0.489 e. The van der Waals surface area contributed by atoms with Crippen LogP contribution in [-0.4, -0.2) is 90.3 Å². The fraction of sp³-hybridized carbons (Fsp3) is 0.406. The van der Waals surface area contributed by atoms with Crippen LogP contribution in [0.5, 0.6) is 5.75 Å². The maximum Gasteiger partial charge on any atom is 0.236 e. The number of rotatable bonds is 8. The summed E-state index contributed by atoms with van der Waals surface area (Å²) in [5.41, 5.74) is 3.26. The van der Waals surface area contributed by atoms with Crippen molar-refractivity contribution in [1.29, 1.82) is 10.5 Å². The molecule has 3 aromatic rings. The third-order valence-corrected chi connectivity index (χ3v) is 8.29. The van der Waals surface area contributed by atoms with Crippen molar-refractivity contribution >= 4 is 23.1 Å². The van der Waals surface area contributed by atoms with Gasteiger partial charge in [0.25, 0.3) is 0 Å². The van der Waals surface area contributed by atoms with E-state index in [1.54, 1.807) is 23.2 Å². The molecule has 0 spiro atoms. The van der Waals surface area contributed by atoms with Crippen molar-refractivity contribution in [3.05, 3.63) is 60.3 Å². The molecule has 0 aliphatic carbocycles. The number of ether oxygens (including phenoxy) is 2. The van der Waals surface area contributed by atoms with Crippen molar-refractivity contribution in [3.63, 3.8) is 0 Å². The Bertz CT molecular complexity index is 1510. The number of anilines is 3. The summed E-state index contributed by atoms with van der Waals surface area (Å²) >= 11 is 0. The third-order valence-electron chi connectivity index (χ3n) is 8.29.